The van der Waals surface area contributed by atoms with E-state index in [0.29, 0.717) is 42.4 Å². The van der Waals surface area contributed by atoms with E-state index in [0.717, 1.165) is 30.5 Å². The number of rotatable bonds is 11. The second kappa shape index (κ2) is 28.6. The van der Waals surface area contributed by atoms with Crippen LogP contribution in [0.5, 0.6) is 0 Å². The Morgan fingerprint density at radius 3 is 1.21 bits per heavy atom. The van der Waals surface area contributed by atoms with Gasteiger partial charge in [-0.2, -0.15) is 0 Å². The van der Waals surface area contributed by atoms with Crippen molar-refractivity contribution in [2.75, 3.05) is 31.5 Å². The molecular weight excluding hydrogens is 976 g/mol. The molecule has 0 spiro atoms. The molecule has 58 heavy (non-hydrogen) atoms. The summed E-state index contributed by atoms with van der Waals surface area (Å²) >= 11 is 0. The van der Waals surface area contributed by atoms with Crippen LogP contribution in [0.2, 0.25) is 0 Å². The number of anilines is 1. The molecule has 6 aromatic rings. The Bertz CT molecular complexity index is 2280. The average molecular weight is 1020 g/mol. The normalized spacial score (nSPS) is 11.5. The van der Waals surface area contributed by atoms with Crippen molar-refractivity contribution >= 4 is 26.2 Å². The first-order valence-corrected chi connectivity index (χ1v) is 19.8. The number of aromatic amines is 3. The summed E-state index contributed by atoms with van der Waals surface area (Å²) in [6.07, 6.45) is 15.7. The van der Waals surface area contributed by atoms with Crippen LogP contribution in [0.4, 0.5) is 5.95 Å². The second-order valence-electron chi connectivity index (χ2n) is 11.2. The van der Waals surface area contributed by atoms with Crippen LogP contribution in [0.3, 0.4) is 0 Å². The molecule has 22 heteroatoms. The van der Waals surface area contributed by atoms with Crippen molar-refractivity contribution in [2.45, 2.75) is 36.5 Å². The molecule has 0 unspecified atom stereocenters. The summed E-state index contributed by atoms with van der Waals surface area (Å²) in [5.74, 6) is 0.650. The summed E-state index contributed by atoms with van der Waals surface area (Å²) in [6.45, 7) is 6.55. The largest absolute Gasteiger partial charge is 1.00 e. The van der Waals surface area contributed by atoms with Crippen LogP contribution in [-0.2, 0) is 65.0 Å². The number of benzene rings is 2. The van der Waals surface area contributed by atoms with Gasteiger partial charge in [-0.15, -0.1) is 0 Å². The van der Waals surface area contributed by atoms with E-state index in [1.165, 1.54) is 24.3 Å². The molecule has 0 radical (unpaired) electrons. The molecule has 0 saturated heterocycles. The summed E-state index contributed by atoms with van der Waals surface area (Å²) in [7, 11) is -8.54. The predicted molar refractivity (Wildman–Crippen MR) is 205 cm³/mol. The van der Waals surface area contributed by atoms with Gasteiger partial charge >= 0.3 is 44.8 Å². The molecule has 18 nitrogen and oxygen atoms in total. The Hall–Kier alpha value is -4.74. The smallest absolute Gasteiger partial charge is 0.744 e. The van der Waals surface area contributed by atoms with Crippen LogP contribution in [0.15, 0.2) is 147 Å². The van der Waals surface area contributed by atoms with Crippen molar-refractivity contribution in [1.82, 2.24) is 39.9 Å². The summed E-state index contributed by atoms with van der Waals surface area (Å²) in [5.41, 5.74) is 3.81. The van der Waals surface area contributed by atoms with E-state index in [1.54, 1.807) is 73.7 Å². The van der Waals surface area contributed by atoms with Gasteiger partial charge in [0.1, 0.15) is 20.2 Å². The van der Waals surface area contributed by atoms with Gasteiger partial charge < -0.3 is 29.4 Å². The molecule has 0 atom stereocenters. The van der Waals surface area contributed by atoms with E-state index in [2.05, 4.69) is 60.2 Å². The Labute approximate surface area is 367 Å². The Kier molecular flexibility index (Phi) is 25.3. The van der Waals surface area contributed by atoms with E-state index in [9.17, 15) is 25.9 Å². The Balaban J connectivity index is 0.000000390. The molecule has 0 saturated carbocycles. The number of nitrogens with one attached hydrogen (secondary N) is 4. The van der Waals surface area contributed by atoms with Gasteiger partial charge in [0.25, 0.3) is 0 Å². The topological polar surface area (TPSA) is 275 Å². The predicted octanol–water partition coefficient (Wildman–Crippen LogP) is 2.42. The zero-order chi connectivity index (χ0) is 40.5. The number of hydrogen-bond acceptors (Lipinski definition) is 15. The molecule has 316 valence electrons. The summed E-state index contributed by atoms with van der Waals surface area (Å²) in [4.78, 5) is 41.7. The van der Waals surface area contributed by atoms with E-state index >= 15 is 0 Å². The van der Waals surface area contributed by atoms with E-state index < -0.39 is 20.2 Å². The molecule has 0 bridgehead atoms. The molecule has 4 aromatic heterocycles. The van der Waals surface area contributed by atoms with Gasteiger partial charge in [-0.3, -0.25) is 15.0 Å². The zero-order valence-electron chi connectivity index (χ0n) is 31.2. The fraction of sp³-hybridized carbons (Fsp3) is 0.222. The van der Waals surface area contributed by atoms with Gasteiger partial charge in [-0.1, -0.05) is 35.4 Å². The van der Waals surface area contributed by atoms with Crippen LogP contribution < -0.4 is 22.2 Å². The first-order valence-electron chi connectivity index (χ1n) is 17.0. The van der Waals surface area contributed by atoms with Gasteiger partial charge in [0.2, 0.25) is 22.8 Å². The monoisotopic (exact) mass is 1020 g/mol. The Morgan fingerprint density at radius 1 is 0.534 bits per heavy atom. The SMILES string of the molecule is Cc1ccc(S(=O)(=O)[O-])cc1.Cc1ccc(S(=O)(=O)[O-])cc1.[Ag+].[Ag+].c1cnc(=NCCCN=c2nccc[nH]2)[nH]c1.c1cnc(NCCCN=c2nccc[nH]2)nc1. The van der Waals surface area contributed by atoms with Crippen LogP contribution in [0, 0.1) is 13.8 Å². The first kappa shape index (κ1) is 51.3. The molecule has 0 amide bonds. The number of nitrogens with zero attached hydrogens (tertiary/aromatic N) is 8. The molecule has 4 N–H and O–H groups in total. The maximum atomic E-state index is 10.4. The van der Waals surface area contributed by atoms with Gasteiger partial charge in [-0.25, -0.2) is 41.8 Å². The van der Waals surface area contributed by atoms with Crippen molar-refractivity contribution in [2.24, 2.45) is 15.0 Å². The minimum atomic E-state index is -4.27. The van der Waals surface area contributed by atoms with Crippen LogP contribution in [0.1, 0.15) is 24.0 Å². The van der Waals surface area contributed by atoms with E-state index in [1.807, 2.05) is 38.2 Å². The summed E-state index contributed by atoms with van der Waals surface area (Å²) in [5, 5.41) is 3.12. The third-order valence-corrected chi connectivity index (χ3v) is 8.38. The average Bonchev–Trinajstić information content (AvgIpc) is 3.20. The Morgan fingerprint density at radius 2 is 0.879 bits per heavy atom. The zero-order valence-corrected chi connectivity index (χ0v) is 35.8. The maximum absolute atomic E-state index is 10.4. The van der Waals surface area contributed by atoms with Crippen molar-refractivity contribution in [3.05, 3.63) is 150 Å². The first-order chi connectivity index (χ1) is 26.9. The fourth-order valence-electron chi connectivity index (χ4n) is 3.91. The van der Waals surface area contributed by atoms with Crippen LogP contribution >= 0.6 is 0 Å². The molecule has 2 aromatic carbocycles. The second-order valence-corrected chi connectivity index (χ2v) is 14.0. The number of hydrogen-bond donors (Lipinski definition) is 4. The summed E-state index contributed by atoms with van der Waals surface area (Å²) < 4.78 is 62.3. The third kappa shape index (κ3) is 22.9. The van der Waals surface area contributed by atoms with Gasteiger partial charge in [0, 0.05) is 75.8 Å². The molecule has 0 fully saturated rings. The van der Waals surface area contributed by atoms with E-state index in [4.69, 9.17) is 0 Å². The van der Waals surface area contributed by atoms with Crippen molar-refractivity contribution in [3.63, 3.8) is 0 Å². The van der Waals surface area contributed by atoms with Crippen LogP contribution in [-0.4, -0.2) is 92.0 Å². The molecule has 0 aliphatic rings. The van der Waals surface area contributed by atoms with Crippen molar-refractivity contribution < 1.29 is 70.7 Å². The molecular formula is C36H42Ag2N12O6S2. The van der Waals surface area contributed by atoms with Crippen molar-refractivity contribution in [3.8, 4) is 0 Å². The number of aryl methyl sites for hydroxylation is 2. The maximum Gasteiger partial charge on any atom is 1.00 e. The third-order valence-electron chi connectivity index (χ3n) is 6.68. The quantitative estimate of drug-likeness (QED) is 0.0828. The number of aromatic nitrogens is 8. The standard InChI is InChI=1S/2C11H14N6.2C7H8O3S.2Ag/c2*1-4-12-10(13-5-1)16-8-3-9-17-11-14-6-2-7-15-11;2*1-6-2-4-7(5-3-6)11(8,9)10;;/h2*1-2,4-7H,3,8-9H2,(H,12,13,16)(H,14,15,17);2*2-5H,1H3,(H,8,9,10);;/q;;;;2*+1/p-2. The molecule has 6 rings (SSSR count). The molecule has 0 aliphatic heterocycles. The van der Waals surface area contributed by atoms with Crippen LogP contribution in [0.25, 0.3) is 0 Å². The van der Waals surface area contributed by atoms with Gasteiger partial charge in [-0.05, 0) is 75.2 Å². The fourth-order valence-corrected chi connectivity index (χ4v) is 4.85. The minimum absolute atomic E-state index is 0. The van der Waals surface area contributed by atoms with E-state index in [-0.39, 0.29) is 54.6 Å². The van der Waals surface area contributed by atoms with Gasteiger partial charge in [0.15, 0.2) is 0 Å². The number of H-pyrrole nitrogens is 3. The minimum Gasteiger partial charge on any atom is -0.744 e. The van der Waals surface area contributed by atoms with Crippen molar-refractivity contribution in [1.29, 1.82) is 0 Å². The van der Waals surface area contributed by atoms with Gasteiger partial charge in [0.05, 0.1) is 9.79 Å². The summed E-state index contributed by atoms with van der Waals surface area (Å²) in [6, 6.07) is 18.8. The molecule has 0 aliphatic carbocycles. The molecule has 4 heterocycles.